The number of hydrogen-bond donors (Lipinski definition) is 1. The van der Waals surface area contributed by atoms with Crippen molar-refractivity contribution in [2.75, 3.05) is 13.1 Å². The number of ether oxygens (including phenoxy) is 1. The Balaban J connectivity index is 1.72. The Morgan fingerprint density at radius 1 is 1.30 bits per heavy atom. The maximum absolute atomic E-state index is 5.88. The van der Waals surface area contributed by atoms with E-state index in [1.54, 1.807) is 6.92 Å². The van der Waals surface area contributed by atoms with Gasteiger partial charge in [-0.05, 0) is 43.5 Å². The second-order valence-corrected chi connectivity index (χ2v) is 5.08. The van der Waals surface area contributed by atoms with Gasteiger partial charge < -0.3 is 14.6 Å². The van der Waals surface area contributed by atoms with Crippen molar-refractivity contribution < 1.29 is 9.26 Å². The zero-order valence-electron chi connectivity index (χ0n) is 11.6. The number of piperidine rings is 1. The molecule has 0 radical (unpaired) electrons. The molecule has 0 amide bonds. The van der Waals surface area contributed by atoms with Gasteiger partial charge in [0.1, 0.15) is 5.75 Å². The van der Waals surface area contributed by atoms with Crippen molar-refractivity contribution in [2.45, 2.75) is 32.3 Å². The SMILES string of the molecule is Cc1nc(COc2ccccc2C2CCNCC2)no1. The maximum Gasteiger partial charge on any atom is 0.223 e. The molecule has 5 heteroatoms. The molecule has 0 unspecified atom stereocenters. The van der Waals surface area contributed by atoms with Crippen LogP contribution >= 0.6 is 0 Å². The fourth-order valence-electron chi connectivity index (χ4n) is 2.62. The molecule has 20 heavy (non-hydrogen) atoms. The summed E-state index contributed by atoms with van der Waals surface area (Å²) >= 11 is 0. The lowest BCUT2D eigenvalue weighted by Crippen LogP contribution is -2.26. The van der Waals surface area contributed by atoms with Crippen LogP contribution in [0.25, 0.3) is 0 Å². The van der Waals surface area contributed by atoms with Crippen LogP contribution in [-0.2, 0) is 6.61 Å². The fourth-order valence-corrected chi connectivity index (χ4v) is 2.62. The Morgan fingerprint density at radius 2 is 2.10 bits per heavy atom. The first-order valence-corrected chi connectivity index (χ1v) is 7.04. The van der Waals surface area contributed by atoms with Crippen LogP contribution in [0.4, 0.5) is 0 Å². The molecule has 1 aromatic carbocycles. The normalized spacial score (nSPS) is 16.2. The van der Waals surface area contributed by atoms with E-state index in [0.29, 0.717) is 24.2 Å². The van der Waals surface area contributed by atoms with Crippen molar-refractivity contribution in [3.8, 4) is 5.75 Å². The first-order chi connectivity index (χ1) is 9.83. The molecule has 1 fully saturated rings. The summed E-state index contributed by atoms with van der Waals surface area (Å²) in [7, 11) is 0. The number of nitrogens with zero attached hydrogens (tertiary/aromatic N) is 2. The van der Waals surface area contributed by atoms with Crippen molar-refractivity contribution in [2.24, 2.45) is 0 Å². The van der Waals surface area contributed by atoms with E-state index < -0.39 is 0 Å². The number of benzene rings is 1. The van der Waals surface area contributed by atoms with Gasteiger partial charge in [-0.15, -0.1) is 0 Å². The third kappa shape index (κ3) is 2.99. The van der Waals surface area contributed by atoms with Crippen LogP contribution in [0.15, 0.2) is 28.8 Å². The lowest BCUT2D eigenvalue weighted by molar-refractivity contribution is 0.279. The second-order valence-electron chi connectivity index (χ2n) is 5.08. The van der Waals surface area contributed by atoms with Crippen LogP contribution in [0, 0.1) is 6.92 Å². The largest absolute Gasteiger partial charge is 0.485 e. The molecular weight excluding hydrogens is 254 g/mol. The van der Waals surface area contributed by atoms with E-state index in [-0.39, 0.29) is 0 Å². The highest BCUT2D eigenvalue weighted by atomic mass is 16.5. The van der Waals surface area contributed by atoms with Gasteiger partial charge in [0, 0.05) is 6.92 Å². The molecule has 0 aliphatic carbocycles. The number of aryl methyl sites for hydroxylation is 1. The Bertz CT molecular complexity index is 562. The summed E-state index contributed by atoms with van der Waals surface area (Å²) in [6.07, 6.45) is 2.31. The van der Waals surface area contributed by atoms with E-state index in [2.05, 4.69) is 27.6 Å². The Morgan fingerprint density at radius 3 is 2.85 bits per heavy atom. The van der Waals surface area contributed by atoms with Gasteiger partial charge in [-0.1, -0.05) is 23.4 Å². The highest BCUT2D eigenvalue weighted by Crippen LogP contribution is 2.32. The molecule has 1 N–H and O–H groups in total. The number of para-hydroxylation sites is 1. The average molecular weight is 273 g/mol. The van der Waals surface area contributed by atoms with Gasteiger partial charge in [-0.25, -0.2) is 0 Å². The fraction of sp³-hybridized carbons (Fsp3) is 0.467. The zero-order chi connectivity index (χ0) is 13.8. The third-order valence-electron chi connectivity index (χ3n) is 3.62. The van der Waals surface area contributed by atoms with Crippen LogP contribution in [0.1, 0.15) is 36.0 Å². The van der Waals surface area contributed by atoms with Gasteiger partial charge in [0.25, 0.3) is 0 Å². The van der Waals surface area contributed by atoms with Crippen molar-refractivity contribution in [3.63, 3.8) is 0 Å². The topological polar surface area (TPSA) is 60.2 Å². The van der Waals surface area contributed by atoms with E-state index in [4.69, 9.17) is 9.26 Å². The predicted octanol–water partition coefficient (Wildman–Crippen LogP) is 2.42. The summed E-state index contributed by atoms with van der Waals surface area (Å²) in [6.45, 7) is 4.27. The quantitative estimate of drug-likeness (QED) is 0.927. The Labute approximate surface area is 118 Å². The monoisotopic (exact) mass is 273 g/mol. The van der Waals surface area contributed by atoms with E-state index in [0.717, 1.165) is 31.7 Å². The number of nitrogens with one attached hydrogen (secondary N) is 1. The molecule has 1 aliphatic heterocycles. The molecular formula is C15H19N3O2. The lowest BCUT2D eigenvalue weighted by atomic mass is 9.89. The summed E-state index contributed by atoms with van der Waals surface area (Å²) in [5.41, 5.74) is 1.29. The molecule has 1 aliphatic rings. The van der Waals surface area contributed by atoms with Crippen molar-refractivity contribution in [1.82, 2.24) is 15.5 Å². The van der Waals surface area contributed by atoms with Crippen molar-refractivity contribution in [1.29, 1.82) is 0 Å². The van der Waals surface area contributed by atoms with E-state index in [1.807, 2.05) is 12.1 Å². The van der Waals surface area contributed by atoms with E-state index >= 15 is 0 Å². The van der Waals surface area contributed by atoms with Gasteiger partial charge in [0.15, 0.2) is 6.61 Å². The molecule has 1 aromatic heterocycles. The second kappa shape index (κ2) is 6.05. The highest BCUT2D eigenvalue weighted by Gasteiger charge is 2.18. The minimum atomic E-state index is 0.347. The zero-order valence-corrected chi connectivity index (χ0v) is 11.6. The molecule has 3 rings (SSSR count). The first kappa shape index (κ1) is 13.1. The molecule has 1 saturated heterocycles. The first-order valence-electron chi connectivity index (χ1n) is 7.04. The molecule has 2 aromatic rings. The van der Waals surface area contributed by atoms with Gasteiger partial charge >= 0.3 is 0 Å². The number of hydrogen-bond acceptors (Lipinski definition) is 5. The lowest BCUT2D eigenvalue weighted by Gasteiger charge is -2.24. The highest BCUT2D eigenvalue weighted by molar-refractivity contribution is 5.36. The van der Waals surface area contributed by atoms with Crippen LogP contribution in [-0.4, -0.2) is 23.2 Å². The van der Waals surface area contributed by atoms with Gasteiger partial charge in [0.2, 0.25) is 11.7 Å². The maximum atomic E-state index is 5.88. The molecule has 0 bridgehead atoms. The van der Waals surface area contributed by atoms with Crippen LogP contribution in [0.5, 0.6) is 5.75 Å². The van der Waals surface area contributed by atoms with Gasteiger partial charge in [-0.2, -0.15) is 4.98 Å². The molecule has 106 valence electrons. The number of rotatable bonds is 4. The summed E-state index contributed by atoms with van der Waals surface area (Å²) in [4.78, 5) is 4.16. The molecule has 0 saturated carbocycles. The summed E-state index contributed by atoms with van der Waals surface area (Å²) in [5.74, 6) is 2.65. The minimum Gasteiger partial charge on any atom is -0.485 e. The Hall–Kier alpha value is -1.88. The summed E-state index contributed by atoms with van der Waals surface area (Å²) in [5, 5.41) is 7.24. The van der Waals surface area contributed by atoms with Crippen LogP contribution in [0.2, 0.25) is 0 Å². The van der Waals surface area contributed by atoms with Gasteiger partial charge in [-0.3, -0.25) is 0 Å². The molecule has 0 spiro atoms. The molecule has 0 atom stereocenters. The van der Waals surface area contributed by atoms with Crippen molar-refractivity contribution in [3.05, 3.63) is 41.5 Å². The van der Waals surface area contributed by atoms with Crippen LogP contribution in [0.3, 0.4) is 0 Å². The van der Waals surface area contributed by atoms with Crippen LogP contribution < -0.4 is 10.1 Å². The molecule has 2 heterocycles. The Kier molecular flexibility index (Phi) is 3.97. The van der Waals surface area contributed by atoms with E-state index in [9.17, 15) is 0 Å². The molecule has 5 nitrogen and oxygen atoms in total. The standard InChI is InChI=1S/C15H19N3O2/c1-11-17-15(18-20-11)10-19-14-5-3-2-4-13(14)12-6-8-16-9-7-12/h2-5,12,16H,6-10H2,1H3. The average Bonchev–Trinajstić information content (AvgIpc) is 2.92. The van der Waals surface area contributed by atoms with E-state index in [1.165, 1.54) is 5.56 Å². The summed E-state index contributed by atoms with van der Waals surface area (Å²) in [6, 6.07) is 8.25. The van der Waals surface area contributed by atoms with Gasteiger partial charge in [0.05, 0.1) is 0 Å². The smallest absolute Gasteiger partial charge is 0.223 e. The summed E-state index contributed by atoms with van der Waals surface area (Å²) < 4.78 is 10.8. The number of aromatic nitrogens is 2. The third-order valence-corrected chi connectivity index (χ3v) is 3.62. The van der Waals surface area contributed by atoms with Crippen molar-refractivity contribution >= 4 is 0 Å². The predicted molar refractivity (Wildman–Crippen MR) is 74.7 cm³/mol. The minimum absolute atomic E-state index is 0.347.